The molecule has 0 amide bonds. The van der Waals surface area contributed by atoms with Crippen molar-refractivity contribution in [3.63, 3.8) is 0 Å². The molecule has 1 heterocycles. The molecule has 1 saturated heterocycles. The second kappa shape index (κ2) is 6.44. The molecule has 0 aliphatic carbocycles. The fourth-order valence-corrected chi connectivity index (χ4v) is 1.99. The summed E-state index contributed by atoms with van der Waals surface area (Å²) in [5, 5.41) is 11.1. The maximum Gasteiger partial charge on any atom is 0.338 e. The molecule has 0 bridgehead atoms. The number of nitro benzene ring substituents is 1. The van der Waals surface area contributed by atoms with Crippen molar-refractivity contribution in [2.45, 2.75) is 19.1 Å². The molecule has 7 nitrogen and oxygen atoms in total. The molecule has 1 aliphatic heterocycles. The minimum Gasteiger partial charge on any atom is -0.465 e. The number of ether oxygens (including phenoxy) is 3. The molecule has 0 unspecified atom stereocenters. The van der Waals surface area contributed by atoms with Gasteiger partial charge < -0.3 is 14.2 Å². The smallest absolute Gasteiger partial charge is 0.338 e. The third-order valence-corrected chi connectivity index (χ3v) is 2.99. The zero-order valence-electron chi connectivity index (χ0n) is 11.0. The Labute approximate surface area is 115 Å². The van der Waals surface area contributed by atoms with Crippen molar-refractivity contribution in [2.24, 2.45) is 0 Å². The fourth-order valence-electron chi connectivity index (χ4n) is 1.99. The summed E-state index contributed by atoms with van der Waals surface area (Å²) < 4.78 is 15.3. The predicted molar refractivity (Wildman–Crippen MR) is 68.4 cm³/mol. The molecule has 108 valence electrons. The molecule has 0 aromatic heterocycles. The largest absolute Gasteiger partial charge is 0.465 e. The molecule has 1 aliphatic rings. The maximum atomic E-state index is 11.4. The summed E-state index contributed by atoms with van der Waals surface area (Å²) in [6.07, 6.45) is 0.615. The summed E-state index contributed by atoms with van der Waals surface area (Å²) >= 11 is 0. The summed E-state index contributed by atoms with van der Waals surface area (Å²) in [5.74, 6) is -0.607. The first-order valence-corrected chi connectivity index (χ1v) is 6.20. The lowest BCUT2D eigenvalue weighted by Crippen LogP contribution is -2.27. The Hall–Kier alpha value is -1.99. The highest BCUT2D eigenvalue weighted by atomic mass is 16.7. The van der Waals surface area contributed by atoms with Crippen molar-refractivity contribution in [3.05, 3.63) is 39.4 Å². The van der Waals surface area contributed by atoms with Crippen LogP contribution in [0.3, 0.4) is 0 Å². The van der Waals surface area contributed by atoms with Gasteiger partial charge in [0.15, 0.2) is 6.29 Å². The number of carbonyl (C=O) groups excluding carboxylic acids is 1. The Bertz CT molecular complexity index is 510. The van der Waals surface area contributed by atoms with Gasteiger partial charge >= 0.3 is 5.97 Å². The van der Waals surface area contributed by atoms with Crippen LogP contribution in [0, 0.1) is 10.1 Å². The highest BCUT2D eigenvalue weighted by Gasteiger charge is 2.22. The van der Waals surface area contributed by atoms with Crippen LogP contribution in [0.15, 0.2) is 18.2 Å². The van der Waals surface area contributed by atoms with Gasteiger partial charge in [-0.2, -0.15) is 0 Å². The average molecular weight is 281 g/mol. The van der Waals surface area contributed by atoms with E-state index in [1.54, 1.807) is 0 Å². The summed E-state index contributed by atoms with van der Waals surface area (Å²) in [6, 6.07) is 4.24. The van der Waals surface area contributed by atoms with E-state index in [1.165, 1.54) is 25.3 Å². The van der Waals surface area contributed by atoms with Crippen molar-refractivity contribution >= 4 is 11.7 Å². The van der Waals surface area contributed by atoms with E-state index in [-0.39, 0.29) is 17.7 Å². The first-order chi connectivity index (χ1) is 9.61. The topological polar surface area (TPSA) is 87.9 Å². The number of rotatable bonds is 4. The van der Waals surface area contributed by atoms with E-state index in [2.05, 4.69) is 4.74 Å². The van der Waals surface area contributed by atoms with Crippen LogP contribution in [0.25, 0.3) is 0 Å². The van der Waals surface area contributed by atoms with Gasteiger partial charge in [0.1, 0.15) is 0 Å². The van der Waals surface area contributed by atoms with Gasteiger partial charge in [-0.3, -0.25) is 10.1 Å². The zero-order valence-corrected chi connectivity index (χ0v) is 11.0. The lowest BCUT2D eigenvalue weighted by molar-refractivity contribution is -0.385. The predicted octanol–water partition coefficient (Wildman–Crippen LogP) is 1.69. The second-order valence-electron chi connectivity index (χ2n) is 4.32. The minimum absolute atomic E-state index is 0.134. The summed E-state index contributed by atoms with van der Waals surface area (Å²) in [4.78, 5) is 22.0. The van der Waals surface area contributed by atoms with Crippen LogP contribution in [-0.4, -0.2) is 37.5 Å². The molecule has 0 radical (unpaired) electrons. The fraction of sp³-hybridized carbons (Fsp3) is 0.462. The summed E-state index contributed by atoms with van der Waals surface area (Å²) in [7, 11) is 1.23. The van der Waals surface area contributed by atoms with Crippen LogP contribution in [0.1, 0.15) is 22.3 Å². The summed E-state index contributed by atoms with van der Waals surface area (Å²) in [6.45, 7) is 1.16. The quantitative estimate of drug-likeness (QED) is 0.474. The van der Waals surface area contributed by atoms with Gasteiger partial charge in [0.2, 0.25) is 0 Å². The monoisotopic (exact) mass is 281 g/mol. The average Bonchev–Trinajstić information content (AvgIpc) is 2.47. The van der Waals surface area contributed by atoms with E-state index >= 15 is 0 Å². The standard InChI is InChI=1S/C13H15NO6/c1-18-13(15)10-4-3-9(11(7-10)14(16)17)8-12-19-5-2-6-20-12/h3-4,7,12H,2,5-6,8H2,1H3. The molecule has 1 aromatic carbocycles. The molecular formula is C13H15NO6. The third-order valence-electron chi connectivity index (χ3n) is 2.99. The van der Waals surface area contributed by atoms with E-state index < -0.39 is 17.2 Å². The molecular weight excluding hydrogens is 266 g/mol. The molecule has 7 heteroatoms. The van der Waals surface area contributed by atoms with Gasteiger partial charge in [-0.25, -0.2) is 4.79 Å². The van der Waals surface area contributed by atoms with Crippen LogP contribution < -0.4 is 0 Å². The zero-order chi connectivity index (χ0) is 14.5. The van der Waals surface area contributed by atoms with E-state index in [4.69, 9.17) is 9.47 Å². The lowest BCUT2D eigenvalue weighted by atomic mass is 10.1. The molecule has 0 spiro atoms. The lowest BCUT2D eigenvalue weighted by Gasteiger charge is -2.23. The number of nitrogens with zero attached hydrogens (tertiary/aromatic N) is 1. The van der Waals surface area contributed by atoms with Crippen LogP contribution in [0.5, 0.6) is 0 Å². The van der Waals surface area contributed by atoms with Crippen LogP contribution in [-0.2, 0) is 20.6 Å². The van der Waals surface area contributed by atoms with Crippen molar-refractivity contribution in [3.8, 4) is 0 Å². The van der Waals surface area contributed by atoms with E-state index in [1.807, 2.05) is 0 Å². The van der Waals surface area contributed by atoms with E-state index in [0.717, 1.165) is 6.42 Å². The van der Waals surface area contributed by atoms with Gasteiger partial charge in [0.25, 0.3) is 5.69 Å². The van der Waals surface area contributed by atoms with Crippen molar-refractivity contribution in [1.29, 1.82) is 0 Å². The Kier molecular flexibility index (Phi) is 4.65. The normalized spacial score (nSPS) is 15.8. The summed E-state index contributed by atoms with van der Waals surface area (Å²) in [5.41, 5.74) is 0.480. The third kappa shape index (κ3) is 3.31. The molecule has 0 atom stereocenters. The Morgan fingerprint density at radius 1 is 1.45 bits per heavy atom. The first kappa shape index (κ1) is 14.4. The van der Waals surface area contributed by atoms with Gasteiger partial charge in [-0.15, -0.1) is 0 Å². The number of carbonyl (C=O) groups is 1. The van der Waals surface area contributed by atoms with Crippen molar-refractivity contribution in [2.75, 3.05) is 20.3 Å². The van der Waals surface area contributed by atoms with Gasteiger partial charge in [0, 0.05) is 18.1 Å². The molecule has 0 N–H and O–H groups in total. The Morgan fingerprint density at radius 2 is 2.15 bits per heavy atom. The van der Waals surface area contributed by atoms with E-state index in [0.29, 0.717) is 18.8 Å². The molecule has 20 heavy (non-hydrogen) atoms. The molecule has 1 fully saturated rings. The Morgan fingerprint density at radius 3 is 2.75 bits per heavy atom. The van der Waals surface area contributed by atoms with Crippen LogP contribution in [0.4, 0.5) is 5.69 Å². The SMILES string of the molecule is COC(=O)c1ccc(CC2OCCCO2)c([N+](=O)[O-])c1. The van der Waals surface area contributed by atoms with Crippen molar-refractivity contribution in [1.82, 2.24) is 0 Å². The van der Waals surface area contributed by atoms with Crippen LogP contribution in [0.2, 0.25) is 0 Å². The van der Waals surface area contributed by atoms with Gasteiger partial charge in [-0.1, -0.05) is 6.07 Å². The van der Waals surface area contributed by atoms with Gasteiger partial charge in [0.05, 0.1) is 30.8 Å². The minimum atomic E-state index is -0.607. The number of nitro groups is 1. The maximum absolute atomic E-state index is 11.4. The number of methoxy groups -OCH3 is 1. The highest BCUT2D eigenvalue weighted by molar-refractivity contribution is 5.90. The Balaban J connectivity index is 2.23. The second-order valence-corrected chi connectivity index (χ2v) is 4.32. The first-order valence-electron chi connectivity index (χ1n) is 6.20. The van der Waals surface area contributed by atoms with E-state index in [9.17, 15) is 14.9 Å². The highest BCUT2D eigenvalue weighted by Crippen LogP contribution is 2.24. The number of benzene rings is 1. The van der Waals surface area contributed by atoms with Crippen LogP contribution >= 0.6 is 0 Å². The van der Waals surface area contributed by atoms with Gasteiger partial charge in [-0.05, 0) is 12.5 Å². The van der Waals surface area contributed by atoms with Crippen molar-refractivity contribution < 1.29 is 23.9 Å². The molecule has 2 rings (SSSR count). The molecule has 0 saturated carbocycles. The number of hydrogen-bond acceptors (Lipinski definition) is 6. The molecule has 1 aromatic rings. The number of hydrogen-bond donors (Lipinski definition) is 0. The number of esters is 1.